The molecule has 0 bridgehead atoms. The summed E-state index contributed by atoms with van der Waals surface area (Å²) in [5, 5.41) is 9.15. The summed E-state index contributed by atoms with van der Waals surface area (Å²) in [5.41, 5.74) is 4.54. The number of nitriles is 1. The summed E-state index contributed by atoms with van der Waals surface area (Å²) in [6.07, 6.45) is -0.0595. The molecule has 30 heavy (non-hydrogen) atoms. The van der Waals surface area contributed by atoms with Crippen molar-refractivity contribution in [1.82, 2.24) is 4.90 Å². The van der Waals surface area contributed by atoms with Crippen LogP contribution in [0.3, 0.4) is 0 Å². The molecule has 2 aromatic carbocycles. The first-order valence-electron chi connectivity index (χ1n) is 10.1. The number of esters is 1. The van der Waals surface area contributed by atoms with Crippen molar-refractivity contribution in [3.63, 3.8) is 0 Å². The van der Waals surface area contributed by atoms with Crippen LogP contribution in [0.4, 0.5) is 0 Å². The Bertz CT molecular complexity index is 1030. The van der Waals surface area contributed by atoms with Gasteiger partial charge in [-0.3, -0.25) is 4.79 Å². The standard InChI is InChI=1S/C25H26N2O3/c1-16(2)30-25(29)24-18(4)27(15-20-7-5-6-19(12-20)14-26)23(28)13-22(24)21-10-8-17(3)9-11-21/h5-12,16,22H,13,15H2,1-4H3. The largest absolute Gasteiger partial charge is 0.460 e. The predicted molar refractivity (Wildman–Crippen MR) is 114 cm³/mol. The average molecular weight is 402 g/mol. The lowest BCUT2D eigenvalue weighted by Crippen LogP contribution is -2.38. The molecule has 0 fully saturated rings. The van der Waals surface area contributed by atoms with E-state index in [0.717, 1.165) is 16.7 Å². The van der Waals surface area contributed by atoms with E-state index in [-0.39, 0.29) is 24.3 Å². The maximum Gasteiger partial charge on any atom is 0.336 e. The highest BCUT2D eigenvalue weighted by Crippen LogP contribution is 2.38. The van der Waals surface area contributed by atoms with Crippen molar-refractivity contribution in [2.45, 2.75) is 52.7 Å². The second-order valence-electron chi connectivity index (χ2n) is 7.91. The molecule has 0 aliphatic carbocycles. The van der Waals surface area contributed by atoms with E-state index in [2.05, 4.69) is 6.07 Å². The Morgan fingerprint density at radius 3 is 2.53 bits per heavy atom. The van der Waals surface area contributed by atoms with Gasteiger partial charge in [0, 0.05) is 18.0 Å². The second-order valence-corrected chi connectivity index (χ2v) is 7.91. The number of hydrogen-bond acceptors (Lipinski definition) is 4. The van der Waals surface area contributed by atoms with Crippen LogP contribution in [0.5, 0.6) is 0 Å². The summed E-state index contributed by atoms with van der Waals surface area (Å²) in [6, 6.07) is 17.2. The molecule has 0 saturated heterocycles. The van der Waals surface area contributed by atoms with Crippen molar-refractivity contribution in [2.24, 2.45) is 0 Å². The fourth-order valence-electron chi connectivity index (χ4n) is 3.75. The third kappa shape index (κ3) is 4.60. The number of allylic oxidation sites excluding steroid dienone is 1. The van der Waals surface area contributed by atoms with Crippen LogP contribution in [0, 0.1) is 18.3 Å². The summed E-state index contributed by atoms with van der Waals surface area (Å²) in [6.45, 7) is 7.73. The van der Waals surface area contributed by atoms with Crippen molar-refractivity contribution in [1.29, 1.82) is 5.26 Å². The molecule has 1 aliphatic heterocycles. The van der Waals surface area contributed by atoms with E-state index in [1.165, 1.54) is 0 Å². The minimum atomic E-state index is -0.392. The van der Waals surface area contributed by atoms with Crippen LogP contribution < -0.4 is 0 Å². The topological polar surface area (TPSA) is 70.4 Å². The van der Waals surface area contributed by atoms with Crippen molar-refractivity contribution < 1.29 is 14.3 Å². The third-order valence-electron chi connectivity index (χ3n) is 5.26. The molecule has 1 heterocycles. The van der Waals surface area contributed by atoms with E-state index in [9.17, 15) is 9.59 Å². The molecule has 0 radical (unpaired) electrons. The van der Waals surface area contributed by atoms with E-state index in [4.69, 9.17) is 10.00 Å². The molecule has 154 valence electrons. The van der Waals surface area contributed by atoms with Gasteiger partial charge in [-0.05, 0) is 51.0 Å². The molecule has 5 nitrogen and oxygen atoms in total. The molecule has 0 saturated carbocycles. The average Bonchev–Trinajstić information content (AvgIpc) is 2.70. The maximum atomic E-state index is 13.1. The Balaban J connectivity index is 2.03. The van der Waals surface area contributed by atoms with Crippen LogP contribution in [0.2, 0.25) is 0 Å². The Hall–Kier alpha value is -3.39. The SMILES string of the molecule is CC1=C(C(=O)OC(C)C)C(c2ccc(C)cc2)CC(=O)N1Cc1cccc(C#N)c1. The number of ether oxygens (including phenoxy) is 1. The van der Waals surface area contributed by atoms with Gasteiger partial charge < -0.3 is 9.64 Å². The van der Waals surface area contributed by atoms with Crippen LogP contribution in [0.1, 0.15) is 55.4 Å². The highest BCUT2D eigenvalue weighted by molar-refractivity contribution is 5.96. The maximum absolute atomic E-state index is 13.1. The molecule has 1 atom stereocenters. The van der Waals surface area contributed by atoms with Crippen LogP contribution in [-0.2, 0) is 20.9 Å². The number of rotatable bonds is 5. The number of amides is 1. The lowest BCUT2D eigenvalue weighted by atomic mass is 9.83. The Morgan fingerprint density at radius 2 is 1.90 bits per heavy atom. The van der Waals surface area contributed by atoms with Crippen molar-refractivity contribution in [3.8, 4) is 6.07 Å². The van der Waals surface area contributed by atoms with Gasteiger partial charge in [0.25, 0.3) is 0 Å². The first kappa shape index (κ1) is 21.3. The molecule has 0 spiro atoms. The van der Waals surface area contributed by atoms with E-state index in [0.29, 0.717) is 23.4 Å². The van der Waals surface area contributed by atoms with Gasteiger partial charge in [0.2, 0.25) is 5.91 Å². The van der Waals surface area contributed by atoms with Crippen molar-refractivity contribution in [3.05, 3.63) is 82.1 Å². The van der Waals surface area contributed by atoms with Gasteiger partial charge in [0.15, 0.2) is 0 Å². The molecule has 1 unspecified atom stereocenters. The van der Waals surface area contributed by atoms with Gasteiger partial charge in [-0.25, -0.2) is 4.79 Å². The predicted octanol–water partition coefficient (Wildman–Crippen LogP) is 4.61. The molecule has 0 N–H and O–H groups in total. The number of carbonyl (C=O) groups excluding carboxylic acids is 2. The summed E-state index contributed by atoms with van der Waals surface area (Å²) < 4.78 is 5.53. The van der Waals surface area contributed by atoms with E-state index in [1.807, 2.05) is 51.1 Å². The Kier molecular flexibility index (Phi) is 6.37. The van der Waals surface area contributed by atoms with Crippen molar-refractivity contribution >= 4 is 11.9 Å². The number of benzene rings is 2. The van der Waals surface area contributed by atoms with Crippen LogP contribution in [0.25, 0.3) is 0 Å². The molecule has 1 amide bonds. The zero-order valence-electron chi connectivity index (χ0n) is 17.8. The van der Waals surface area contributed by atoms with E-state index >= 15 is 0 Å². The summed E-state index contributed by atoms with van der Waals surface area (Å²) >= 11 is 0. The van der Waals surface area contributed by atoms with Crippen LogP contribution in [-0.4, -0.2) is 22.9 Å². The first-order valence-corrected chi connectivity index (χ1v) is 10.1. The lowest BCUT2D eigenvalue weighted by Gasteiger charge is -2.35. The fourth-order valence-corrected chi connectivity index (χ4v) is 3.75. The van der Waals surface area contributed by atoms with Crippen LogP contribution in [0.15, 0.2) is 59.8 Å². The Morgan fingerprint density at radius 1 is 1.20 bits per heavy atom. The zero-order valence-corrected chi connectivity index (χ0v) is 17.8. The molecule has 0 aromatic heterocycles. The highest BCUT2D eigenvalue weighted by Gasteiger charge is 2.37. The van der Waals surface area contributed by atoms with Gasteiger partial charge in [-0.2, -0.15) is 5.26 Å². The first-order chi connectivity index (χ1) is 14.3. The summed E-state index contributed by atoms with van der Waals surface area (Å²) in [5.74, 6) is -0.788. The van der Waals surface area contributed by atoms with Gasteiger partial charge in [-0.15, -0.1) is 0 Å². The van der Waals surface area contributed by atoms with Crippen molar-refractivity contribution in [2.75, 3.05) is 0 Å². The third-order valence-corrected chi connectivity index (χ3v) is 5.26. The highest BCUT2D eigenvalue weighted by atomic mass is 16.5. The molecular formula is C25H26N2O3. The minimum Gasteiger partial charge on any atom is -0.460 e. The second kappa shape index (κ2) is 8.96. The van der Waals surface area contributed by atoms with Gasteiger partial charge >= 0.3 is 5.97 Å². The number of nitrogens with zero attached hydrogens (tertiary/aromatic N) is 2. The fraction of sp³-hybridized carbons (Fsp3) is 0.320. The van der Waals surface area contributed by atoms with Gasteiger partial charge in [0.05, 0.1) is 29.9 Å². The molecule has 5 heteroatoms. The number of hydrogen-bond donors (Lipinski definition) is 0. The molecule has 1 aliphatic rings. The molecule has 3 rings (SSSR count). The zero-order chi connectivity index (χ0) is 21.8. The number of aryl methyl sites for hydroxylation is 1. The monoisotopic (exact) mass is 402 g/mol. The van der Waals surface area contributed by atoms with Crippen LogP contribution >= 0.6 is 0 Å². The lowest BCUT2D eigenvalue weighted by molar-refractivity contribution is -0.143. The van der Waals surface area contributed by atoms with Gasteiger partial charge in [-0.1, -0.05) is 42.0 Å². The summed E-state index contributed by atoms with van der Waals surface area (Å²) in [7, 11) is 0. The van der Waals surface area contributed by atoms with E-state index in [1.54, 1.807) is 30.0 Å². The smallest absolute Gasteiger partial charge is 0.336 e. The number of carbonyl (C=O) groups is 2. The Labute approximate surface area is 177 Å². The summed E-state index contributed by atoms with van der Waals surface area (Å²) in [4.78, 5) is 27.7. The van der Waals surface area contributed by atoms with E-state index < -0.39 is 5.97 Å². The van der Waals surface area contributed by atoms with Gasteiger partial charge in [0.1, 0.15) is 0 Å². The normalized spacial score (nSPS) is 16.6. The molecule has 2 aromatic rings. The quantitative estimate of drug-likeness (QED) is 0.685. The molecular weight excluding hydrogens is 376 g/mol. The minimum absolute atomic E-state index is 0.0541.